The van der Waals surface area contributed by atoms with E-state index in [9.17, 15) is 4.79 Å². The summed E-state index contributed by atoms with van der Waals surface area (Å²) in [4.78, 5) is 17.1. The van der Waals surface area contributed by atoms with E-state index in [0.717, 1.165) is 42.8 Å². The van der Waals surface area contributed by atoms with Gasteiger partial charge in [0.25, 0.3) is 0 Å². The van der Waals surface area contributed by atoms with Gasteiger partial charge in [0.2, 0.25) is 0 Å². The van der Waals surface area contributed by atoms with Crippen LogP contribution in [-0.2, 0) is 19.4 Å². The zero-order valence-electron chi connectivity index (χ0n) is 16.4. The Balaban J connectivity index is 1.86. The van der Waals surface area contributed by atoms with Gasteiger partial charge in [-0.1, -0.05) is 37.1 Å². The molecule has 0 saturated heterocycles. The fraction of sp³-hybridized carbons (Fsp3) is 0.304. The SMILES string of the molecule is CCCCc1ncc(/C=C(\C)Cc2cccs2)n1Cc1ccc(C(=O)O)cc1. The van der Waals surface area contributed by atoms with E-state index in [1.165, 1.54) is 10.5 Å². The van der Waals surface area contributed by atoms with Crippen molar-refractivity contribution in [3.05, 3.63) is 81.1 Å². The van der Waals surface area contributed by atoms with Crippen LogP contribution in [0.25, 0.3) is 6.08 Å². The number of hydrogen-bond donors (Lipinski definition) is 1. The second-order valence-electron chi connectivity index (χ2n) is 7.04. The van der Waals surface area contributed by atoms with Crippen molar-refractivity contribution in [3.63, 3.8) is 0 Å². The van der Waals surface area contributed by atoms with E-state index in [1.807, 2.05) is 18.3 Å². The predicted octanol–water partition coefficient (Wildman–Crippen LogP) is 5.68. The number of aromatic carboxylic acids is 1. The molecule has 2 aromatic heterocycles. The zero-order valence-corrected chi connectivity index (χ0v) is 17.2. The number of carboxylic acid groups (broad SMARTS) is 1. The Morgan fingerprint density at radius 1 is 1.25 bits per heavy atom. The molecule has 3 aromatic rings. The summed E-state index contributed by atoms with van der Waals surface area (Å²) in [5.74, 6) is 0.185. The number of carbonyl (C=O) groups is 1. The number of thiophene rings is 1. The molecule has 0 spiro atoms. The van der Waals surface area contributed by atoms with Crippen molar-refractivity contribution in [2.45, 2.75) is 46.1 Å². The van der Waals surface area contributed by atoms with Gasteiger partial charge in [-0.3, -0.25) is 0 Å². The first-order chi connectivity index (χ1) is 13.6. The topological polar surface area (TPSA) is 55.1 Å². The standard InChI is InChI=1S/C23H26N2O2S/c1-3-4-7-22-24-15-20(13-17(2)14-21-6-5-12-28-21)25(22)16-18-8-10-19(11-9-18)23(26)27/h5-6,8-13,15H,3-4,7,14,16H2,1-2H3,(H,26,27)/b17-13+. The highest BCUT2D eigenvalue weighted by atomic mass is 32.1. The summed E-state index contributed by atoms with van der Waals surface area (Å²) in [6.45, 7) is 5.03. The van der Waals surface area contributed by atoms with E-state index in [2.05, 4.69) is 47.0 Å². The smallest absolute Gasteiger partial charge is 0.335 e. The van der Waals surface area contributed by atoms with Gasteiger partial charge in [-0.25, -0.2) is 9.78 Å². The molecule has 0 radical (unpaired) electrons. The number of carboxylic acids is 1. The molecule has 0 saturated carbocycles. The maximum absolute atomic E-state index is 11.1. The van der Waals surface area contributed by atoms with Crippen LogP contribution in [0.15, 0.2) is 53.5 Å². The highest BCUT2D eigenvalue weighted by Crippen LogP contribution is 2.19. The van der Waals surface area contributed by atoms with Crippen LogP contribution in [0.2, 0.25) is 0 Å². The van der Waals surface area contributed by atoms with Gasteiger partial charge < -0.3 is 9.67 Å². The summed E-state index contributed by atoms with van der Waals surface area (Å²) in [7, 11) is 0. The third-order valence-corrected chi connectivity index (χ3v) is 5.57. The molecule has 1 aromatic carbocycles. The highest BCUT2D eigenvalue weighted by molar-refractivity contribution is 7.09. The number of unbranched alkanes of at least 4 members (excludes halogenated alkanes) is 1. The molecule has 0 amide bonds. The number of rotatable bonds is 9. The number of hydrogen-bond acceptors (Lipinski definition) is 3. The molecule has 0 atom stereocenters. The van der Waals surface area contributed by atoms with Gasteiger partial charge in [0.15, 0.2) is 0 Å². The molecule has 0 aliphatic rings. The maximum Gasteiger partial charge on any atom is 0.335 e. The molecule has 0 unspecified atom stereocenters. The normalized spacial score (nSPS) is 11.7. The minimum absolute atomic E-state index is 0.312. The number of allylic oxidation sites excluding steroid dienone is 1. The fourth-order valence-electron chi connectivity index (χ4n) is 3.19. The van der Waals surface area contributed by atoms with E-state index in [1.54, 1.807) is 23.5 Å². The van der Waals surface area contributed by atoms with E-state index >= 15 is 0 Å². The molecule has 2 heterocycles. The Morgan fingerprint density at radius 3 is 2.68 bits per heavy atom. The van der Waals surface area contributed by atoms with Crippen LogP contribution in [0.3, 0.4) is 0 Å². The first-order valence-electron chi connectivity index (χ1n) is 9.63. The number of imidazole rings is 1. The minimum atomic E-state index is -0.898. The van der Waals surface area contributed by atoms with Gasteiger partial charge >= 0.3 is 5.97 Å². The van der Waals surface area contributed by atoms with Gasteiger partial charge in [0.1, 0.15) is 5.82 Å². The molecular weight excluding hydrogens is 368 g/mol. The minimum Gasteiger partial charge on any atom is -0.478 e. The van der Waals surface area contributed by atoms with Crippen molar-refractivity contribution in [3.8, 4) is 0 Å². The lowest BCUT2D eigenvalue weighted by Gasteiger charge is -2.12. The average Bonchev–Trinajstić information content (AvgIpc) is 3.31. The van der Waals surface area contributed by atoms with Gasteiger partial charge in [-0.2, -0.15) is 0 Å². The summed E-state index contributed by atoms with van der Waals surface area (Å²) in [5.41, 5.74) is 3.79. The van der Waals surface area contributed by atoms with E-state index in [-0.39, 0.29) is 0 Å². The molecular formula is C23H26N2O2S. The van der Waals surface area contributed by atoms with Crippen LogP contribution >= 0.6 is 11.3 Å². The van der Waals surface area contributed by atoms with Crippen LogP contribution in [0.1, 0.15) is 59.0 Å². The number of nitrogens with zero attached hydrogens (tertiary/aromatic N) is 2. The quantitative estimate of drug-likeness (QED) is 0.508. The second-order valence-corrected chi connectivity index (χ2v) is 8.07. The van der Waals surface area contributed by atoms with Gasteiger partial charge in [0, 0.05) is 24.3 Å². The fourth-order valence-corrected chi connectivity index (χ4v) is 3.99. The number of aromatic nitrogens is 2. The summed E-state index contributed by atoms with van der Waals surface area (Å²) in [5, 5.41) is 11.2. The van der Waals surface area contributed by atoms with Gasteiger partial charge in [-0.05, 0) is 48.6 Å². The third-order valence-electron chi connectivity index (χ3n) is 4.69. The lowest BCUT2D eigenvalue weighted by atomic mass is 10.1. The van der Waals surface area contributed by atoms with Crippen molar-refractivity contribution in [2.24, 2.45) is 0 Å². The van der Waals surface area contributed by atoms with Crippen molar-refractivity contribution in [1.29, 1.82) is 0 Å². The van der Waals surface area contributed by atoms with Crippen LogP contribution in [0.4, 0.5) is 0 Å². The first kappa shape index (κ1) is 20.1. The predicted molar refractivity (Wildman–Crippen MR) is 115 cm³/mol. The van der Waals surface area contributed by atoms with Crippen molar-refractivity contribution in [1.82, 2.24) is 9.55 Å². The molecule has 0 aliphatic heterocycles. The lowest BCUT2D eigenvalue weighted by molar-refractivity contribution is 0.0697. The summed E-state index contributed by atoms with van der Waals surface area (Å²) in [6, 6.07) is 11.4. The zero-order chi connectivity index (χ0) is 19.9. The highest BCUT2D eigenvalue weighted by Gasteiger charge is 2.10. The van der Waals surface area contributed by atoms with Crippen LogP contribution < -0.4 is 0 Å². The van der Waals surface area contributed by atoms with Crippen molar-refractivity contribution >= 4 is 23.4 Å². The lowest BCUT2D eigenvalue weighted by Crippen LogP contribution is -2.08. The largest absolute Gasteiger partial charge is 0.478 e. The molecule has 0 aliphatic carbocycles. The monoisotopic (exact) mass is 394 g/mol. The Morgan fingerprint density at radius 2 is 2.04 bits per heavy atom. The number of aryl methyl sites for hydroxylation is 1. The van der Waals surface area contributed by atoms with Gasteiger partial charge in [-0.15, -0.1) is 11.3 Å². The summed E-state index contributed by atoms with van der Waals surface area (Å²) in [6.07, 6.45) is 8.29. The van der Waals surface area contributed by atoms with Crippen LogP contribution in [0, 0.1) is 0 Å². The Kier molecular flexibility index (Phi) is 6.82. The number of benzene rings is 1. The molecule has 146 valence electrons. The van der Waals surface area contributed by atoms with E-state index in [0.29, 0.717) is 12.1 Å². The second kappa shape index (κ2) is 9.51. The molecule has 4 nitrogen and oxygen atoms in total. The summed E-state index contributed by atoms with van der Waals surface area (Å²) < 4.78 is 2.25. The summed E-state index contributed by atoms with van der Waals surface area (Å²) >= 11 is 1.78. The van der Waals surface area contributed by atoms with Crippen molar-refractivity contribution in [2.75, 3.05) is 0 Å². The third kappa shape index (κ3) is 5.20. The average molecular weight is 395 g/mol. The molecule has 1 N–H and O–H groups in total. The van der Waals surface area contributed by atoms with Crippen LogP contribution in [-0.4, -0.2) is 20.6 Å². The first-order valence-corrected chi connectivity index (χ1v) is 10.5. The Hall–Kier alpha value is -2.66. The maximum atomic E-state index is 11.1. The van der Waals surface area contributed by atoms with Gasteiger partial charge in [0.05, 0.1) is 17.5 Å². The van der Waals surface area contributed by atoms with E-state index < -0.39 is 5.97 Å². The molecule has 0 bridgehead atoms. The molecule has 3 rings (SSSR count). The molecule has 0 fully saturated rings. The van der Waals surface area contributed by atoms with E-state index in [4.69, 9.17) is 5.11 Å². The Bertz CT molecular complexity index is 938. The molecule has 28 heavy (non-hydrogen) atoms. The molecule has 5 heteroatoms. The Labute approximate surface area is 170 Å². The van der Waals surface area contributed by atoms with Crippen LogP contribution in [0.5, 0.6) is 0 Å². The van der Waals surface area contributed by atoms with Crippen molar-refractivity contribution < 1.29 is 9.90 Å².